The molecule has 1 aromatic rings. The van der Waals surface area contributed by atoms with Gasteiger partial charge in [-0.25, -0.2) is 0 Å². The first kappa shape index (κ1) is 8.12. The van der Waals surface area contributed by atoms with Crippen LogP contribution in [0.4, 0.5) is 0 Å². The molecule has 0 atom stereocenters. The van der Waals surface area contributed by atoms with Crippen LogP contribution in [0.15, 0.2) is 12.1 Å². The topological polar surface area (TPSA) is 9.23 Å². The largest absolute Gasteiger partial charge is 0.494 e. The predicted octanol–water partition coefficient (Wildman–Crippen LogP) is 2.50. The molecule has 0 saturated carbocycles. The van der Waals surface area contributed by atoms with Crippen LogP contribution in [-0.4, -0.2) is 6.61 Å². The van der Waals surface area contributed by atoms with Crippen molar-refractivity contribution in [2.75, 3.05) is 6.61 Å². The van der Waals surface area contributed by atoms with E-state index < -0.39 is 0 Å². The fourth-order valence-corrected chi connectivity index (χ4v) is 0.972. The Morgan fingerprint density at radius 3 is 2.82 bits per heavy atom. The summed E-state index contributed by atoms with van der Waals surface area (Å²) in [6, 6.07) is 6.96. The van der Waals surface area contributed by atoms with E-state index in [-0.39, 0.29) is 0 Å². The van der Waals surface area contributed by atoms with Crippen LogP contribution in [0.2, 0.25) is 0 Å². The Hall–Kier alpha value is -0.980. The van der Waals surface area contributed by atoms with Gasteiger partial charge >= 0.3 is 0 Å². The molecule has 0 heterocycles. The molecular weight excluding hydrogens is 136 g/mol. The molecule has 0 spiro atoms. The Bertz CT molecular complexity index is 241. The van der Waals surface area contributed by atoms with E-state index in [0.29, 0.717) is 0 Å². The second-order valence-electron chi connectivity index (χ2n) is 2.52. The average Bonchev–Trinajstić information content (AvgIpc) is 1.99. The molecule has 0 aliphatic heterocycles. The minimum atomic E-state index is 0.726. The Morgan fingerprint density at radius 2 is 2.18 bits per heavy atom. The van der Waals surface area contributed by atoms with E-state index in [4.69, 9.17) is 4.74 Å². The van der Waals surface area contributed by atoms with Crippen LogP contribution >= 0.6 is 0 Å². The van der Waals surface area contributed by atoms with Gasteiger partial charge in [0.25, 0.3) is 0 Å². The highest BCUT2D eigenvalue weighted by Gasteiger charge is 1.99. The first-order valence-electron chi connectivity index (χ1n) is 3.86. The fourth-order valence-electron chi connectivity index (χ4n) is 0.972. The van der Waals surface area contributed by atoms with Gasteiger partial charge < -0.3 is 4.74 Å². The number of hydrogen-bond donors (Lipinski definition) is 0. The molecule has 11 heavy (non-hydrogen) atoms. The van der Waals surface area contributed by atoms with Crippen LogP contribution in [0, 0.1) is 19.9 Å². The molecule has 1 nitrogen and oxygen atoms in total. The molecule has 0 bridgehead atoms. The molecule has 0 unspecified atom stereocenters. The summed E-state index contributed by atoms with van der Waals surface area (Å²) in [5.74, 6) is 0.976. The summed E-state index contributed by atoms with van der Waals surface area (Å²) in [4.78, 5) is 0. The van der Waals surface area contributed by atoms with Crippen LogP contribution < -0.4 is 4.74 Å². The highest BCUT2D eigenvalue weighted by molar-refractivity contribution is 5.37. The lowest BCUT2D eigenvalue weighted by atomic mass is 10.1. The SMILES string of the molecule is CCOc1cc[c]c(C)c1C. The summed E-state index contributed by atoms with van der Waals surface area (Å²) >= 11 is 0. The molecule has 0 amide bonds. The van der Waals surface area contributed by atoms with Crippen molar-refractivity contribution in [2.24, 2.45) is 0 Å². The standard InChI is InChI=1S/C10H13O/c1-4-11-10-7-5-6-8(2)9(10)3/h5,7H,4H2,1-3H3. The number of rotatable bonds is 2. The van der Waals surface area contributed by atoms with Crippen molar-refractivity contribution < 1.29 is 4.74 Å². The lowest BCUT2D eigenvalue weighted by molar-refractivity contribution is 0.337. The zero-order valence-electron chi connectivity index (χ0n) is 7.27. The first-order valence-corrected chi connectivity index (χ1v) is 3.86. The van der Waals surface area contributed by atoms with E-state index in [2.05, 4.69) is 13.0 Å². The summed E-state index contributed by atoms with van der Waals surface area (Å²) in [6.07, 6.45) is 0. The molecule has 0 N–H and O–H groups in total. The van der Waals surface area contributed by atoms with Crippen molar-refractivity contribution in [3.63, 3.8) is 0 Å². The van der Waals surface area contributed by atoms with E-state index in [1.807, 2.05) is 26.0 Å². The third kappa shape index (κ3) is 1.73. The summed E-state index contributed by atoms with van der Waals surface area (Å²) in [6.45, 7) is 6.81. The Balaban J connectivity index is 2.96. The van der Waals surface area contributed by atoms with Gasteiger partial charge in [0.1, 0.15) is 5.75 Å². The quantitative estimate of drug-likeness (QED) is 0.627. The van der Waals surface area contributed by atoms with Crippen molar-refractivity contribution in [3.8, 4) is 5.75 Å². The Labute approximate surface area is 68.0 Å². The van der Waals surface area contributed by atoms with E-state index in [9.17, 15) is 0 Å². The van der Waals surface area contributed by atoms with Crippen LogP contribution in [0.1, 0.15) is 18.1 Å². The summed E-state index contributed by atoms with van der Waals surface area (Å²) in [5.41, 5.74) is 2.35. The lowest BCUT2D eigenvalue weighted by Gasteiger charge is -2.07. The van der Waals surface area contributed by atoms with Gasteiger partial charge in [-0.3, -0.25) is 0 Å². The number of ether oxygens (including phenoxy) is 1. The van der Waals surface area contributed by atoms with Gasteiger partial charge in [-0.15, -0.1) is 0 Å². The molecule has 1 rings (SSSR count). The first-order chi connectivity index (χ1) is 5.25. The molecule has 1 heteroatoms. The van der Waals surface area contributed by atoms with E-state index in [1.165, 1.54) is 5.56 Å². The number of benzene rings is 1. The van der Waals surface area contributed by atoms with Crippen molar-refractivity contribution in [1.82, 2.24) is 0 Å². The zero-order valence-corrected chi connectivity index (χ0v) is 7.27. The predicted molar refractivity (Wildman–Crippen MR) is 45.9 cm³/mol. The molecule has 1 radical (unpaired) electrons. The highest BCUT2D eigenvalue weighted by atomic mass is 16.5. The maximum atomic E-state index is 5.40. The maximum absolute atomic E-state index is 5.40. The lowest BCUT2D eigenvalue weighted by Crippen LogP contribution is -1.94. The van der Waals surface area contributed by atoms with Gasteiger partial charge in [0, 0.05) is 0 Å². The van der Waals surface area contributed by atoms with E-state index in [0.717, 1.165) is 17.9 Å². The minimum Gasteiger partial charge on any atom is -0.494 e. The second-order valence-corrected chi connectivity index (χ2v) is 2.52. The normalized spacial score (nSPS) is 9.73. The zero-order chi connectivity index (χ0) is 8.27. The maximum Gasteiger partial charge on any atom is 0.122 e. The third-order valence-electron chi connectivity index (χ3n) is 1.77. The van der Waals surface area contributed by atoms with Crippen LogP contribution in [0.3, 0.4) is 0 Å². The monoisotopic (exact) mass is 149 g/mol. The van der Waals surface area contributed by atoms with Crippen LogP contribution in [0.5, 0.6) is 5.75 Å². The molecular formula is C10H13O. The fraction of sp³-hybridized carbons (Fsp3) is 0.400. The molecule has 0 fully saturated rings. The second kappa shape index (κ2) is 3.42. The van der Waals surface area contributed by atoms with Crippen molar-refractivity contribution in [3.05, 3.63) is 29.3 Å². The van der Waals surface area contributed by atoms with Crippen molar-refractivity contribution in [2.45, 2.75) is 20.8 Å². The van der Waals surface area contributed by atoms with Crippen LogP contribution in [-0.2, 0) is 0 Å². The summed E-state index contributed by atoms with van der Waals surface area (Å²) in [7, 11) is 0. The van der Waals surface area contributed by atoms with Crippen molar-refractivity contribution >= 4 is 0 Å². The van der Waals surface area contributed by atoms with Gasteiger partial charge in [0.05, 0.1) is 6.61 Å². The Kier molecular flexibility index (Phi) is 2.53. The van der Waals surface area contributed by atoms with Crippen molar-refractivity contribution in [1.29, 1.82) is 0 Å². The molecule has 1 aromatic carbocycles. The molecule has 59 valence electrons. The minimum absolute atomic E-state index is 0.726. The van der Waals surface area contributed by atoms with Gasteiger partial charge in [-0.05, 0) is 44.0 Å². The number of hydrogen-bond acceptors (Lipinski definition) is 1. The van der Waals surface area contributed by atoms with Gasteiger partial charge in [0.15, 0.2) is 0 Å². The smallest absolute Gasteiger partial charge is 0.122 e. The van der Waals surface area contributed by atoms with Crippen LogP contribution in [0.25, 0.3) is 0 Å². The van der Waals surface area contributed by atoms with Gasteiger partial charge in [0.2, 0.25) is 0 Å². The molecule has 0 aromatic heterocycles. The van der Waals surface area contributed by atoms with E-state index in [1.54, 1.807) is 0 Å². The Morgan fingerprint density at radius 1 is 1.45 bits per heavy atom. The molecule has 0 saturated heterocycles. The van der Waals surface area contributed by atoms with Gasteiger partial charge in [-0.1, -0.05) is 6.07 Å². The molecule has 0 aliphatic rings. The average molecular weight is 149 g/mol. The number of aryl methyl sites for hydroxylation is 1. The van der Waals surface area contributed by atoms with Gasteiger partial charge in [-0.2, -0.15) is 0 Å². The third-order valence-corrected chi connectivity index (χ3v) is 1.77. The molecule has 0 aliphatic carbocycles. The summed E-state index contributed by atoms with van der Waals surface area (Å²) in [5, 5.41) is 0. The highest BCUT2D eigenvalue weighted by Crippen LogP contribution is 2.19. The summed E-state index contributed by atoms with van der Waals surface area (Å²) < 4.78 is 5.40. The van der Waals surface area contributed by atoms with E-state index >= 15 is 0 Å².